The summed E-state index contributed by atoms with van der Waals surface area (Å²) in [6.45, 7) is 2.56. The van der Waals surface area contributed by atoms with E-state index >= 15 is 0 Å². The first-order valence-corrected chi connectivity index (χ1v) is 6.52. The number of hydrogen-bond donors (Lipinski definition) is 2. The first-order valence-electron chi connectivity index (χ1n) is 5.64. The number of rotatable bonds is 4. The van der Waals surface area contributed by atoms with Gasteiger partial charge in [0.2, 0.25) is 5.91 Å². The molecule has 6 heteroatoms. The molecular weight excluding hydrogens is 248 g/mol. The molecule has 2 aromatic heterocycles. The summed E-state index contributed by atoms with van der Waals surface area (Å²) < 4.78 is 2.06. The molecule has 1 amide bonds. The lowest BCUT2D eigenvalue weighted by Crippen LogP contribution is -2.25. The number of nitrogens with one attached hydrogen (secondary N) is 1. The molecule has 2 heterocycles. The predicted octanol–water partition coefficient (Wildman–Crippen LogP) is 1.23. The quantitative estimate of drug-likeness (QED) is 0.872. The highest BCUT2D eigenvalue weighted by Gasteiger charge is 2.07. The third-order valence-corrected chi connectivity index (χ3v) is 3.58. The number of carbonyl (C=O) groups is 1. The van der Waals surface area contributed by atoms with Crippen molar-refractivity contribution < 1.29 is 4.79 Å². The molecule has 0 radical (unpaired) electrons. The van der Waals surface area contributed by atoms with Crippen molar-refractivity contribution in [2.24, 2.45) is 7.05 Å². The number of carbonyl (C=O) groups excluding carboxylic acids is 1. The Kier molecular flexibility index (Phi) is 3.66. The zero-order chi connectivity index (χ0) is 13.1. The molecule has 0 aliphatic heterocycles. The number of nitrogens with zero attached hydrogens (tertiary/aromatic N) is 2. The maximum absolute atomic E-state index is 11.7. The number of nitrogen functional groups attached to an aromatic ring is 1. The molecule has 0 aromatic carbocycles. The van der Waals surface area contributed by atoms with Crippen LogP contribution in [-0.4, -0.2) is 15.5 Å². The standard InChI is InChI=1S/C12H16N4OS/c1-8-3-4-10(16(8)2)6-14-11(17)5-9-7-18-12(13)15-9/h3-4,7H,5-6H2,1-2H3,(H2,13,15)(H,14,17). The third-order valence-electron chi connectivity index (χ3n) is 2.85. The highest BCUT2D eigenvalue weighted by molar-refractivity contribution is 7.13. The minimum Gasteiger partial charge on any atom is -0.375 e. The van der Waals surface area contributed by atoms with E-state index in [1.54, 1.807) is 0 Å². The average molecular weight is 264 g/mol. The first-order chi connectivity index (χ1) is 8.56. The molecule has 0 aliphatic rings. The highest BCUT2D eigenvalue weighted by Crippen LogP contribution is 2.11. The van der Waals surface area contributed by atoms with Gasteiger partial charge in [-0.3, -0.25) is 4.79 Å². The second kappa shape index (κ2) is 5.22. The van der Waals surface area contributed by atoms with Gasteiger partial charge in [0.15, 0.2) is 5.13 Å². The Morgan fingerprint density at radius 2 is 2.33 bits per heavy atom. The summed E-state index contributed by atoms with van der Waals surface area (Å²) in [5, 5.41) is 5.18. The summed E-state index contributed by atoms with van der Waals surface area (Å²) in [5.74, 6) is -0.0425. The molecule has 0 fully saturated rings. The van der Waals surface area contributed by atoms with E-state index < -0.39 is 0 Å². The Balaban J connectivity index is 1.87. The summed E-state index contributed by atoms with van der Waals surface area (Å²) in [6.07, 6.45) is 0.275. The first kappa shape index (κ1) is 12.6. The minimum absolute atomic E-state index is 0.0425. The van der Waals surface area contributed by atoms with E-state index in [-0.39, 0.29) is 12.3 Å². The van der Waals surface area contributed by atoms with Crippen LogP contribution in [0, 0.1) is 6.92 Å². The fourth-order valence-electron chi connectivity index (χ4n) is 1.66. The molecule has 0 unspecified atom stereocenters. The lowest BCUT2D eigenvalue weighted by molar-refractivity contribution is -0.120. The maximum Gasteiger partial charge on any atom is 0.226 e. The molecule has 2 rings (SSSR count). The molecule has 3 N–H and O–H groups in total. The van der Waals surface area contributed by atoms with Gasteiger partial charge in [-0.2, -0.15) is 0 Å². The monoisotopic (exact) mass is 264 g/mol. The zero-order valence-corrected chi connectivity index (χ0v) is 11.3. The predicted molar refractivity (Wildman–Crippen MR) is 72.2 cm³/mol. The summed E-state index contributed by atoms with van der Waals surface area (Å²) >= 11 is 1.35. The summed E-state index contributed by atoms with van der Waals surface area (Å²) in [6, 6.07) is 4.04. The molecule has 2 aromatic rings. The van der Waals surface area contributed by atoms with Crippen molar-refractivity contribution in [3.8, 4) is 0 Å². The molecule has 0 saturated heterocycles. The van der Waals surface area contributed by atoms with Crippen LogP contribution >= 0.6 is 11.3 Å². The van der Waals surface area contributed by atoms with Crippen molar-refractivity contribution in [3.05, 3.63) is 34.6 Å². The lowest BCUT2D eigenvalue weighted by Gasteiger charge is -2.06. The molecule has 5 nitrogen and oxygen atoms in total. The van der Waals surface area contributed by atoms with Crippen LogP contribution in [0.3, 0.4) is 0 Å². The Morgan fingerprint density at radius 3 is 2.89 bits per heavy atom. The van der Waals surface area contributed by atoms with Crippen LogP contribution in [0.25, 0.3) is 0 Å². The van der Waals surface area contributed by atoms with Gasteiger partial charge in [0.1, 0.15) is 0 Å². The average Bonchev–Trinajstić information content (AvgIpc) is 2.86. The third kappa shape index (κ3) is 2.89. The number of aryl methyl sites for hydroxylation is 1. The smallest absolute Gasteiger partial charge is 0.226 e. The fourth-order valence-corrected chi connectivity index (χ4v) is 2.23. The van der Waals surface area contributed by atoms with Crippen LogP contribution in [0.4, 0.5) is 5.13 Å². The van der Waals surface area contributed by atoms with Crippen molar-refractivity contribution in [1.82, 2.24) is 14.9 Å². The van der Waals surface area contributed by atoms with Crippen LogP contribution in [0.5, 0.6) is 0 Å². The fraction of sp³-hybridized carbons (Fsp3) is 0.333. The Hall–Kier alpha value is -1.82. The van der Waals surface area contributed by atoms with E-state index in [1.807, 2.05) is 31.5 Å². The van der Waals surface area contributed by atoms with Gasteiger partial charge >= 0.3 is 0 Å². The zero-order valence-electron chi connectivity index (χ0n) is 10.4. The lowest BCUT2D eigenvalue weighted by atomic mass is 10.3. The van der Waals surface area contributed by atoms with Crippen molar-refractivity contribution in [2.75, 3.05) is 5.73 Å². The molecule has 0 aliphatic carbocycles. The van der Waals surface area contributed by atoms with Crippen LogP contribution < -0.4 is 11.1 Å². The van der Waals surface area contributed by atoms with Gasteiger partial charge in [-0.05, 0) is 19.1 Å². The Morgan fingerprint density at radius 1 is 1.56 bits per heavy atom. The van der Waals surface area contributed by atoms with E-state index in [0.29, 0.717) is 11.7 Å². The molecule has 0 atom stereocenters. The second-order valence-corrected chi connectivity index (χ2v) is 5.05. The molecule has 0 spiro atoms. The Bertz CT molecular complexity index is 558. The van der Waals surface area contributed by atoms with Crippen LogP contribution in [0.2, 0.25) is 0 Å². The van der Waals surface area contributed by atoms with Gasteiger partial charge in [-0.15, -0.1) is 11.3 Å². The molecule has 18 heavy (non-hydrogen) atoms. The number of aromatic nitrogens is 2. The van der Waals surface area contributed by atoms with E-state index in [9.17, 15) is 4.79 Å². The molecule has 0 bridgehead atoms. The summed E-state index contributed by atoms with van der Waals surface area (Å²) in [4.78, 5) is 15.8. The van der Waals surface area contributed by atoms with Crippen LogP contribution in [0.15, 0.2) is 17.5 Å². The van der Waals surface area contributed by atoms with Crippen molar-refractivity contribution in [3.63, 3.8) is 0 Å². The molecule has 96 valence electrons. The van der Waals surface area contributed by atoms with Gasteiger partial charge in [0.05, 0.1) is 18.7 Å². The van der Waals surface area contributed by atoms with E-state index in [0.717, 1.165) is 11.4 Å². The molecule has 0 saturated carbocycles. The maximum atomic E-state index is 11.7. The minimum atomic E-state index is -0.0425. The molecular formula is C12H16N4OS. The topological polar surface area (TPSA) is 72.9 Å². The van der Waals surface area contributed by atoms with Gasteiger partial charge < -0.3 is 15.6 Å². The van der Waals surface area contributed by atoms with Crippen LogP contribution in [0.1, 0.15) is 17.1 Å². The van der Waals surface area contributed by atoms with Crippen molar-refractivity contribution in [1.29, 1.82) is 0 Å². The number of amides is 1. The van der Waals surface area contributed by atoms with E-state index in [4.69, 9.17) is 5.73 Å². The largest absolute Gasteiger partial charge is 0.375 e. The number of nitrogens with two attached hydrogens (primary N) is 1. The number of hydrogen-bond acceptors (Lipinski definition) is 4. The van der Waals surface area contributed by atoms with Crippen molar-refractivity contribution >= 4 is 22.4 Å². The van der Waals surface area contributed by atoms with Gasteiger partial charge in [0, 0.05) is 23.8 Å². The SMILES string of the molecule is Cc1ccc(CNC(=O)Cc2csc(N)n2)n1C. The number of anilines is 1. The number of thiazole rings is 1. The van der Waals surface area contributed by atoms with Gasteiger partial charge in [-0.1, -0.05) is 0 Å². The highest BCUT2D eigenvalue weighted by atomic mass is 32.1. The summed E-state index contributed by atoms with van der Waals surface area (Å²) in [5.41, 5.74) is 8.49. The van der Waals surface area contributed by atoms with Crippen LogP contribution in [-0.2, 0) is 24.8 Å². The van der Waals surface area contributed by atoms with E-state index in [2.05, 4.69) is 14.9 Å². The second-order valence-electron chi connectivity index (χ2n) is 4.16. The van der Waals surface area contributed by atoms with E-state index in [1.165, 1.54) is 17.0 Å². The Labute approximate surface area is 110 Å². The van der Waals surface area contributed by atoms with Gasteiger partial charge in [-0.25, -0.2) is 4.98 Å². The normalized spacial score (nSPS) is 10.6. The van der Waals surface area contributed by atoms with Gasteiger partial charge in [0.25, 0.3) is 0 Å². The van der Waals surface area contributed by atoms with Crippen molar-refractivity contribution in [2.45, 2.75) is 19.9 Å². The summed E-state index contributed by atoms with van der Waals surface area (Å²) in [7, 11) is 1.98.